The lowest BCUT2D eigenvalue weighted by Crippen LogP contribution is -2.12. The van der Waals surface area contributed by atoms with Crippen LogP contribution in [0.3, 0.4) is 0 Å². The molecule has 0 aliphatic rings. The molecule has 0 bridgehead atoms. The predicted molar refractivity (Wildman–Crippen MR) is 131 cm³/mol. The van der Waals surface area contributed by atoms with Gasteiger partial charge in [0.1, 0.15) is 23.9 Å². The van der Waals surface area contributed by atoms with Crippen LogP contribution >= 0.6 is 11.6 Å². The number of carbonyl (C=O) groups is 1. The summed E-state index contributed by atoms with van der Waals surface area (Å²) in [4.78, 5) is 12.7. The van der Waals surface area contributed by atoms with Gasteiger partial charge in [-0.05, 0) is 67.1 Å². The molecule has 0 aliphatic heterocycles. The number of nitrogens with one attached hydrogen (secondary N) is 1. The van der Waals surface area contributed by atoms with Crippen molar-refractivity contribution in [2.45, 2.75) is 20.3 Å². The SMILES string of the molecule is CCOc1ccc(OCc2cccc(C(=O)Nc3cnn(COc4cccc(Cl)c4)c3)c2)cc1. The van der Waals surface area contributed by atoms with Crippen LogP contribution in [0.1, 0.15) is 22.8 Å². The van der Waals surface area contributed by atoms with Crippen LogP contribution in [0.25, 0.3) is 0 Å². The molecular formula is C26H24ClN3O4. The van der Waals surface area contributed by atoms with Gasteiger partial charge in [-0.25, -0.2) is 4.68 Å². The van der Waals surface area contributed by atoms with E-state index in [9.17, 15) is 4.79 Å². The van der Waals surface area contributed by atoms with Crippen LogP contribution in [0, 0.1) is 0 Å². The van der Waals surface area contributed by atoms with Crippen LogP contribution in [-0.2, 0) is 13.3 Å². The fourth-order valence-electron chi connectivity index (χ4n) is 3.17. The molecule has 7 nitrogen and oxygen atoms in total. The number of anilines is 1. The maximum Gasteiger partial charge on any atom is 0.255 e. The van der Waals surface area contributed by atoms with Gasteiger partial charge in [0.2, 0.25) is 0 Å². The molecule has 0 fully saturated rings. The second-order valence-corrected chi connectivity index (χ2v) is 7.78. The zero-order chi connectivity index (χ0) is 23.8. The Hall–Kier alpha value is -3.97. The highest BCUT2D eigenvalue weighted by Gasteiger charge is 2.09. The zero-order valence-corrected chi connectivity index (χ0v) is 19.4. The van der Waals surface area contributed by atoms with E-state index in [0.717, 1.165) is 17.1 Å². The summed E-state index contributed by atoms with van der Waals surface area (Å²) in [5.74, 6) is 1.93. The van der Waals surface area contributed by atoms with E-state index in [1.807, 2.05) is 55.5 Å². The number of halogens is 1. The number of benzene rings is 3. The molecule has 0 saturated heterocycles. The van der Waals surface area contributed by atoms with Crippen LogP contribution in [0.2, 0.25) is 5.02 Å². The highest BCUT2D eigenvalue weighted by atomic mass is 35.5. The van der Waals surface area contributed by atoms with Gasteiger partial charge in [0.25, 0.3) is 5.91 Å². The first kappa shape index (κ1) is 23.2. The second-order valence-electron chi connectivity index (χ2n) is 7.35. The van der Waals surface area contributed by atoms with Gasteiger partial charge in [0.15, 0.2) is 6.73 Å². The molecule has 34 heavy (non-hydrogen) atoms. The third-order valence-corrected chi connectivity index (χ3v) is 5.02. The lowest BCUT2D eigenvalue weighted by Gasteiger charge is -2.09. The van der Waals surface area contributed by atoms with Gasteiger partial charge in [0.05, 0.1) is 24.7 Å². The van der Waals surface area contributed by atoms with Gasteiger partial charge in [-0.15, -0.1) is 0 Å². The topological polar surface area (TPSA) is 74.6 Å². The van der Waals surface area contributed by atoms with Crippen LogP contribution in [0.15, 0.2) is 85.2 Å². The normalized spacial score (nSPS) is 10.5. The van der Waals surface area contributed by atoms with E-state index in [1.54, 1.807) is 41.3 Å². The van der Waals surface area contributed by atoms with Gasteiger partial charge in [-0.2, -0.15) is 5.10 Å². The molecule has 1 heterocycles. The molecule has 8 heteroatoms. The highest BCUT2D eigenvalue weighted by molar-refractivity contribution is 6.30. The molecule has 0 unspecified atom stereocenters. The van der Waals surface area contributed by atoms with Crippen molar-refractivity contribution in [3.05, 3.63) is 101 Å². The largest absolute Gasteiger partial charge is 0.494 e. The zero-order valence-electron chi connectivity index (χ0n) is 18.6. The van der Waals surface area contributed by atoms with Crippen molar-refractivity contribution in [2.75, 3.05) is 11.9 Å². The van der Waals surface area contributed by atoms with E-state index < -0.39 is 0 Å². The quantitative estimate of drug-likeness (QED) is 0.312. The summed E-state index contributed by atoms with van der Waals surface area (Å²) in [6, 6.07) is 21.9. The van der Waals surface area contributed by atoms with Crippen molar-refractivity contribution in [3.8, 4) is 17.2 Å². The molecule has 4 aromatic rings. The number of ether oxygens (including phenoxy) is 3. The first-order valence-electron chi connectivity index (χ1n) is 10.8. The van der Waals surface area contributed by atoms with Crippen molar-refractivity contribution < 1.29 is 19.0 Å². The molecule has 174 valence electrons. The van der Waals surface area contributed by atoms with Crippen molar-refractivity contribution >= 4 is 23.2 Å². The third-order valence-electron chi connectivity index (χ3n) is 4.78. The molecule has 1 aromatic heterocycles. The third kappa shape index (κ3) is 6.52. The maximum atomic E-state index is 12.7. The van der Waals surface area contributed by atoms with Crippen molar-refractivity contribution in [1.82, 2.24) is 9.78 Å². The van der Waals surface area contributed by atoms with Gasteiger partial charge in [-0.1, -0.05) is 29.8 Å². The van der Waals surface area contributed by atoms with E-state index in [1.165, 1.54) is 0 Å². The van der Waals surface area contributed by atoms with Crippen LogP contribution in [-0.4, -0.2) is 22.3 Å². The number of rotatable bonds is 10. The molecule has 1 amide bonds. The Labute approximate surface area is 202 Å². The lowest BCUT2D eigenvalue weighted by molar-refractivity contribution is 0.102. The summed E-state index contributed by atoms with van der Waals surface area (Å²) in [6.07, 6.45) is 3.26. The minimum absolute atomic E-state index is 0.189. The Kier molecular flexibility index (Phi) is 7.67. The van der Waals surface area contributed by atoms with E-state index >= 15 is 0 Å². The van der Waals surface area contributed by atoms with Crippen molar-refractivity contribution in [1.29, 1.82) is 0 Å². The smallest absolute Gasteiger partial charge is 0.255 e. The lowest BCUT2D eigenvalue weighted by atomic mass is 10.1. The Balaban J connectivity index is 1.30. The van der Waals surface area contributed by atoms with Gasteiger partial charge in [-0.3, -0.25) is 4.79 Å². The second kappa shape index (κ2) is 11.2. The van der Waals surface area contributed by atoms with Crippen LogP contribution in [0.4, 0.5) is 5.69 Å². The minimum atomic E-state index is -0.238. The van der Waals surface area contributed by atoms with Gasteiger partial charge < -0.3 is 19.5 Å². The Morgan fingerprint density at radius 3 is 2.47 bits per heavy atom. The van der Waals surface area contributed by atoms with Crippen LogP contribution in [0.5, 0.6) is 17.2 Å². The Bertz CT molecular complexity index is 1240. The molecule has 0 atom stereocenters. The Morgan fingerprint density at radius 1 is 0.941 bits per heavy atom. The summed E-state index contributed by atoms with van der Waals surface area (Å²) in [5, 5.41) is 7.66. The molecule has 3 aromatic carbocycles. The number of amides is 1. The van der Waals surface area contributed by atoms with Gasteiger partial charge >= 0.3 is 0 Å². The number of aromatic nitrogens is 2. The highest BCUT2D eigenvalue weighted by Crippen LogP contribution is 2.20. The van der Waals surface area contributed by atoms with Crippen molar-refractivity contribution in [2.24, 2.45) is 0 Å². The fourth-order valence-corrected chi connectivity index (χ4v) is 3.35. The maximum absolute atomic E-state index is 12.7. The first-order valence-corrected chi connectivity index (χ1v) is 11.1. The van der Waals surface area contributed by atoms with Crippen LogP contribution < -0.4 is 19.5 Å². The van der Waals surface area contributed by atoms with E-state index in [4.69, 9.17) is 25.8 Å². The average molecular weight is 478 g/mol. The van der Waals surface area contributed by atoms with E-state index in [-0.39, 0.29) is 12.6 Å². The summed E-state index contributed by atoms with van der Waals surface area (Å²) in [6.45, 7) is 3.09. The minimum Gasteiger partial charge on any atom is -0.494 e. The van der Waals surface area contributed by atoms with Crippen molar-refractivity contribution in [3.63, 3.8) is 0 Å². The number of hydrogen-bond acceptors (Lipinski definition) is 5. The Morgan fingerprint density at radius 2 is 1.71 bits per heavy atom. The summed E-state index contributed by atoms with van der Waals surface area (Å²) >= 11 is 5.96. The summed E-state index contributed by atoms with van der Waals surface area (Å²) < 4.78 is 18.5. The summed E-state index contributed by atoms with van der Waals surface area (Å²) in [7, 11) is 0. The molecule has 0 radical (unpaired) electrons. The summed E-state index contributed by atoms with van der Waals surface area (Å²) in [5.41, 5.74) is 1.97. The van der Waals surface area contributed by atoms with E-state index in [2.05, 4.69) is 10.4 Å². The standard InChI is InChI=1S/C26H24ClN3O4/c1-2-32-23-9-11-24(12-10-23)33-17-19-5-3-6-20(13-19)26(31)29-22-15-28-30(16-22)18-34-25-8-4-7-21(27)14-25/h3-16H,2,17-18H2,1H3,(H,29,31). The predicted octanol–water partition coefficient (Wildman–Crippen LogP) is 5.80. The first-order chi connectivity index (χ1) is 16.6. The molecular weight excluding hydrogens is 454 g/mol. The molecule has 0 saturated carbocycles. The van der Waals surface area contributed by atoms with E-state index in [0.29, 0.717) is 35.2 Å². The molecule has 4 rings (SSSR count). The number of hydrogen-bond donors (Lipinski definition) is 1. The molecule has 0 spiro atoms. The monoisotopic (exact) mass is 477 g/mol. The van der Waals surface area contributed by atoms with Gasteiger partial charge in [0, 0.05) is 10.6 Å². The average Bonchev–Trinajstić information content (AvgIpc) is 3.30. The fraction of sp³-hybridized carbons (Fsp3) is 0.154. The molecule has 1 N–H and O–H groups in total. The molecule has 0 aliphatic carbocycles. The number of nitrogens with zero attached hydrogens (tertiary/aromatic N) is 2. The number of carbonyl (C=O) groups excluding carboxylic acids is 1.